The summed E-state index contributed by atoms with van der Waals surface area (Å²) in [5.74, 6) is -0.306. The summed E-state index contributed by atoms with van der Waals surface area (Å²) in [7, 11) is 1.82. The van der Waals surface area contributed by atoms with Crippen LogP contribution in [-0.2, 0) is 15.1 Å². The summed E-state index contributed by atoms with van der Waals surface area (Å²) < 4.78 is 1.74. The Morgan fingerprint density at radius 2 is 1.61 bits per heavy atom. The second-order valence-corrected chi connectivity index (χ2v) is 8.91. The number of para-hydroxylation sites is 2. The van der Waals surface area contributed by atoms with E-state index in [1.807, 2.05) is 67.7 Å². The van der Waals surface area contributed by atoms with Crippen LogP contribution in [0, 0.1) is 5.92 Å². The van der Waals surface area contributed by atoms with Crippen molar-refractivity contribution in [1.29, 1.82) is 0 Å². The molecule has 8 nitrogen and oxygen atoms in total. The molecule has 1 aliphatic heterocycles. The van der Waals surface area contributed by atoms with Gasteiger partial charge < -0.3 is 9.80 Å². The first-order valence-electron chi connectivity index (χ1n) is 11.6. The first kappa shape index (κ1) is 21.3. The number of carbonyl (C=O) groups is 2. The van der Waals surface area contributed by atoms with Gasteiger partial charge >= 0.3 is 0 Å². The quantitative estimate of drug-likeness (QED) is 0.564. The number of amides is 2. The summed E-state index contributed by atoms with van der Waals surface area (Å²) in [4.78, 5) is 30.5. The fourth-order valence-electron chi connectivity index (χ4n) is 5.28. The van der Waals surface area contributed by atoms with Gasteiger partial charge in [0.25, 0.3) is 0 Å². The summed E-state index contributed by atoms with van der Waals surface area (Å²) >= 11 is 0. The molecule has 5 rings (SSSR count). The summed E-state index contributed by atoms with van der Waals surface area (Å²) in [6.45, 7) is 0.543. The lowest BCUT2D eigenvalue weighted by Crippen LogP contribution is -2.52. The lowest BCUT2D eigenvalue weighted by atomic mass is 9.79. The van der Waals surface area contributed by atoms with Crippen molar-refractivity contribution in [3.8, 4) is 5.69 Å². The van der Waals surface area contributed by atoms with Crippen LogP contribution in [0.1, 0.15) is 44.3 Å². The number of hydrogen-bond donors (Lipinski definition) is 0. The number of rotatable bonds is 5. The molecular formula is C25H28N6O2. The third-order valence-corrected chi connectivity index (χ3v) is 7.11. The van der Waals surface area contributed by atoms with Crippen molar-refractivity contribution >= 4 is 17.5 Å². The average Bonchev–Trinajstić information content (AvgIpc) is 3.52. The van der Waals surface area contributed by atoms with Crippen molar-refractivity contribution in [1.82, 2.24) is 25.1 Å². The third-order valence-electron chi connectivity index (χ3n) is 7.11. The molecule has 8 heteroatoms. The molecule has 33 heavy (non-hydrogen) atoms. The van der Waals surface area contributed by atoms with E-state index in [2.05, 4.69) is 15.5 Å². The maximum absolute atomic E-state index is 13.8. The molecule has 1 atom stereocenters. The maximum atomic E-state index is 13.8. The van der Waals surface area contributed by atoms with Crippen LogP contribution in [0.25, 0.3) is 5.69 Å². The number of benzene rings is 2. The average molecular weight is 445 g/mol. The minimum absolute atomic E-state index is 0.133. The van der Waals surface area contributed by atoms with Gasteiger partial charge in [-0.1, -0.05) is 55.7 Å². The van der Waals surface area contributed by atoms with Gasteiger partial charge in [0.15, 0.2) is 5.82 Å². The van der Waals surface area contributed by atoms with E-state index in [-0.39, 0.29) is 11.8 Å². The Morgan fingerprint density at radius 1 is 0.970 bits per heavy atom. The van der Waals surface area contributed by atoms with Crippen molar-refractivity contribution in [3.05, 3.63) is 66.5 Å². The van der Waals surface area contributed by atoms with E-state index in [0.717, 1.165) is 43.5 Å². The van der Waals surface area contributed by atoms with Crippen molar-refractivity contribution in [2.75, 3.05) is 18.5 Å². The van der Waals surface area contributed by atoms with Crippen LogP contribution in [0.4, 0.5) is 5.69 Å². The SMILES string of the molecule is CN(C(=O)C1CCN(c2ccccc2)C1=O)C1(c2nnnn2-c2ccccc2)CCCCC1. The van der Waals surface area contributed by atoms with Crippen molar-refractivity contribution in [2.24, 2.45) is 5.92 Å². The number of carbonyl (C=O) groups excluding carboxylic acids is 2. The van der Waals surface area contributed by atoms with Crippen LogP contribution in [0.3, 0.4) is 0 Å². The molecule has 0 spiro atoms. The van der Waals surface area contributed by atoms with E-state index in [1.54, 1.807) is 14.5 Å². The third kappa shape index (κ3) is 3.69. The second kappa shape index (κ2) is 8.77. The number of tetrazole rings is 1. The minimum atomic E-state index is -0.685. The first-order chi connectivity index (χ1) is 16.1. The smallest absolute Gasteiger partial charge is 0.239 e. The predicted octanol–water partition coefficient (Wildman–Crippen LogP) is 3.33. The highest BCUT2D eigenvalue weighted by molar-refractivity contribution is 6.09. The zero-order valence-corrected chi connectivity index (χ0v) is 18.8. The van der Waals surface area contributed by atoms with Gasteiger partial charge in [-0.25, -0.2) is 0 Å². The highest BCUT2D eigenvalue weighted by Gasteiger charge is 2.48. The standard InChI is InChI=1S/C25H28N6O2/c1-29(22(32)21-15-18-30(23(21)33)19-11-5-2-6-12-19)25(16-9-4-10-17-25)24-26-27-28-31(24)20-13-7-3-8-14-20/h2-3,5-8,11-14,21H,4,9-10,15-18H2,1H3. The van der Waals surface area contributed by atoms with Gasteiger partial charge in [0.1, 0.15) is 11.5 Å². The molecule has 1 aromatic heterocycles. The molecule has 1 saturated heterocycles. The second-order valence-electron chi connectivity index (χ2n) is 8.91. The summed E-state index contributed by atoms with van der Waals surface area (Å²) in [6.07, 6.45) is 5.12. The summed E-state index contributed by atoms with van der Waals surface area (Å²) in [5, 5.41) is 12.6. The fraction of sp³-hybridized carbons (Fsp3) is 0.400. The number of aromatic nitrogens is 4. The van der Waals surface area contributed by atoms with Crippen LogP contribution >= 0.6 is 0 Å². The molecule has 0 N–H and O–H groups in total. The molecule has 3 aromatic rings. The number of nitrogens with zero attached hydrogens (tertiary/aromatic N) is 6. The minimum Gasteiger partial charge on any atom is -0.332 e. The van der Waals surface area contributed by atoms with E-state index in [9.17, 15) is 9.59 Å². The lowest BCUT2D eigenvalue weighted by Gasteiger charge is -2.44. The molecule has 2 aromatic carbocycles. The molecule has 2 fully saturated rings. The highest BCUT2D eigenvalue weighted by Crippen LogP contribution is 2.42. The molecule has 2 amide bonds. The van der Waals surface area contributed by atoms with Crippen molar-refractivity contribution < 1.29 is 9.59 Å². The Balaban J connectivity index is 1.47. The molecule has 170 valence electrons. The van der Waals surface area contributed by atoms with Gasteiger partial charge in [0.05, 0.1) is 5.69 Å². The molecule has 1 unspecified atom stereocenters. The van der Waals surface area contributed by atoms with Gasteiger partial charge in [-0.15, -0.1) is 5.10 Å². The summed E-state index contributed by atoms with van der Waals surface area (Å²) in [5.41, 5.74) is 1.05. The van der Waals surface area contributed by atoms with Gasteiger partial charge in [0.2, 0.25) is 11.8 Å². The van der Waals surface area contributed by atoms with E-state index in [0.29, 0.717) is 18.8 Å². The molecule has 1 saturated carbocycles. The zero-order valence-electron chi connectivity index (χ0n) is 18.8. The Morgan fingerprint density at radius 3 is 2.27 bits per heavy atom. The Bertz CT molecular complexity index is 1120. The predicted molar refractivity (Wildman–Crippen MR) is 124 cm³/mol. The number of anilines is 1. The van der Waals surface area contributed by atoms with Gasteiger partial charge in [0, 0.05) is 19.3 Å². The zero-order chi connectivity index (χ0) is 22.8. The normalized spacial score (nSPS) is 20.1. The highest BCUT2D eigenvalue weighted by atomic mass is 16.2. The molecular weight excluding hydrogens is 416 g/mol. The Labute approximate surface area is 193 Å². The van der Waals surface area contributed by atoms with E-state index < -0.39 is 11.5 Å². The molecule has 2 heterocycles. The van der Waals surface area contributed by atoms with Crippen molar-refractivity contribution in [2.45, 2.75) is 44.1 Å². The Kier molecular flexibility index (Phi) is 5.66. The number of hydrogen-bond acceptors (Lipinski definition) is 5. The molecule has 1 aliphatic carbocycles. The van der Waals surface area contributed by atoms with Gasteiger partial charge in [-0.3, -0.25) is 9.59 Å². The topological polar surface area (TPSA) is 84.2 Å². The van der Waals surface area contributed by atoms with E-state index in [1.165, 1.54) is 0 Å². The van der Waals surface area contributed by atoms with Crippen LogP contribution in [0.5, 0.6) is 0 Å². The van der Waals surface area contributed by atoms with Crippen LogP contribution in [-0.4, -0.2) is 50.5 Å². The fourth-order valence-corrected chi connectivity index (χ4v) is 5.28. The summed E-state index contributed by atoms with van der Waals surface area (Å²) in [6, 6.07) is 19.3. The van der Waals surface area contributed by atoms with E-state index >= 15 is 0 Å². The first-order valence-corrected chi connectivity index (χ1v) is 11.6. The van der Waals surface area contributed by atoms with Gasteiger partial charge in [-0.05, 0) is 54.0 Å². The molecule has 0 bridgehead atoms. The van der Waals surface area contributed by atoms with Crippen LogP contribution in [0.15, 0.2) is 60.7 Å². The van der Waals surface area contributed by atoms with Crippen LogP contribution in [0.2, 0.25) is 0 Å². The van der Waals surface area contributed by atoms with Crippen molar-refractivity contribution in [3.63, 3.8) is 0 Å². The largest absolute Gasteiger partial charge is 0.332 e. The Hall–Kier alpha value is -3.55. The monoisotopic (exact) mass is 444 g/mol. The van der Waals surface area contributed by atoms with E-state index in [4.69, 9.17) is 0 Å². The lowest BCUT2D eigenvalue weighted by molar-refractivity contribution is -0.145. The molecule has 0 radical (unpaired) electrons. The molecule has 2 aliphatic rings. The van der Waals surface area contributed by atoms with Gasteiger partial charge in [-0.2, -0.15) is 4.68 Å². The van der Waals surface area contributed by atoms with Crippen LogP contribution < -0.4 is 4.90 Å². The maximum Gasteiger partial charge on any atom is 0.239 e.